The van der Waals surface area contributed by atoms with Gasteiger partial charge in [-0.05, 0) is 22.0 Å². The molecule has 70 valence electrons. The number of hydrogen-bond donors (Lipinski definition) is 0. The van der Waals surface area contributed by atoms with Gasteiger partial charge in [0.15, 0.2) is 17.0 Å². The van der Waals surface area contributed by atoms with Crippen LogP contribution in [0, 0.1) is 22.7 Å². The number of fused-ring (bicyclic) bond motifs is 1. The van der Waals surface area contributed by atoms with Crippen molar-refractivity contribution in [3.63, 3.8) is 0 Å². The number of aromatic nitrogens is 3. The molecule has 2 aromatic heterocycles. The van der Waals surface area contributed by atoms with Crippen LogP contribution in [0.5, 0.6) is 0 Å². The number of halogens is 1. The van der Waals surface area contributed by atoms with Crippen LogP contribution in [0.15, 0.2) is 16.7 Å². The lowest BCUT2D eigenvalue weighted by atomic mass is 10.3. The normalized spacial score (nSPS) is 9.53. The van der Waals surface area contributed by atoms with Gasteiger partial charge in [-0.15, -0.1) is 0 Å². The average Bonchev–Trinajstić information content (AvgIpc) is 2.27. The van der Waals surface area contributed by atoms with Crippen molar-refractivity contribution in [1.82, 2.24) is 15.0 Å². The van der Waals surface area contributed by atoms with Gasteiger partial charge in [0, 0.05) is 10.7 Å². The SMILES string of the molecule is N#Cc1nc2cc(Br)cnc2nc1C#N. The molecule has 0 saturated heterocycles. The first kappa shape index (κ1) is 9.50. The maximum atomic E-state index is 8.74. The van der Waals surface area contributed by atoms with Crippen molar-refractivity contribution >= 4 is 27.1 Å². The van der Waals surface area contributed by atoms with Crippen LogP contribution in [0.25, 0.3) is 11.2 Å². The molecular weight excluding hydrogens is 258 g/mol. The largest absolute Gasteiger partial charge is 0.234 e. The molecular formula is C9H2BrN5. The lowest BCUT2D eigenvalue weighted by Crippen LogP contribution is -1.96. The summed E-state index contributed by atoms with van der Waals surface area (Å²) >= 11 is 3.24. The van der Waals surface area contributed by atoms with Crippen molar-refractivity contribution in [3.05, 3.63) is 28.1 Å². The summed E-state index contributed by atoms with van der Waals surface area (Å²) in [4.78, 5) is 11.9. The third kappa shape index (κ3) is 1.63. The highest BCUT2D eigenvalue weighted by molar-refractivity contribution is 9.10. The Morgan fingerprint density at radius 1 is 1.13 bits per heavy atom. The predicted octanol–water partition coefficient (Wildman–Crippen LogP) is 1.53. The minimum atomic E-state index is -0.000164. The van der Waals surface area contributed by atoms with Gasteiger partial charge in [0.25, 0.3) is 0 Å². The molecule has 0 spiro atoms. The van der Waals surface area contributed by atoms with Crippen molar-refractivity contribution in [1.29, 1.82) is 10.5 Å². The van der Waals surface area contributed by atoms with Gasteiger partial charge in [-0.2, -0.15) is 10.5 Å². The molecule has 0 bridgehead atoms. The predicted molar refractivity (Wildman–Crippen MR) is 54.5 cm³/mol. The molecule has 6 heteroatoms. The molecule has 0 aliphatic rings. The Hall–Kier alpha value is -2.05. The van der Waals surface area contributed by atoms with Gasteiger partial charge in [0.2, 0.25) is 0 Å². The van der Waals surface area contributed by atoms with Crippen LogP contribution in [0.4, 0.5) is 0 Å². The van der Waals surface area contributed by atoms with E-state index in [4.69, 9.17) is 10.5 Å². The van der Waals surface area contributed by atoms with Crippen LogP contribution in [0.1, 0.15) is 11.4 Å². The zero-order chi connectivity index (χ0) is 10.8. The Morgan fingerprint density at radius 2 is 1.80 bits per heavy atom. The van der Waals surface area contributed by atoms with E-state index < -0.39 is 0 Å². The molecule has 15 heavy (non-hydrogen) atoms. The molecule has 2 aromatic rings. The van der Waals surface area contributed by atoms with E-state index >= 15 is 0 Å². The Morgan fingerprint density at radius 3 is 2.47 bits per heavy atom. The van der Waals surface area contributed by atoms with Gasteiger partial charge >= 0.3 is 0 Å². The number of nitriles is 2. The van der Waals surface area contributed by atoms with Gasteiger partial charge < -0.3 is 0 Å². The highest BCUT2D eigenvalue weighted by atomic mass is 79.9. The van der Waals surface area contributed by atoms with Gasteiger partial charge in [0.05, 0.1) is 0 Å². The monoisotopic (exact) mass is 259 g/mol. The summed E-state index contributed by atoms with van der Waals surface area (Å²) in [5.74, 6) is 0. The molecule has 0 radical (unpaired) electrons. The molecule has 0 atom stereocenters. The van der Waals surface area contributed by atoms with E-state index in [1.165, 1.54) is 0 Å². The van der Waals surface area contributed by atoms with E-state index in [1.54, 1.807) is 18.3 Å². The standard InChI is InChI=1S/C9H2BrN5/c10-5-1-6-9(13-4-5)15-8(3-12)7(2-11)14-6/h1,4H. The second-order valence-electron chi connectivity index (χ2n) is 2.64. The highest BCUT2D eigenvalue weighted by Gasteiger charge is 2.08. The summed E-state index contributed by atoms with van der Waals surface area (Å²) in [6.45, 7) is 0. The lowest BCUT2D eigenvalue weighted by Gasteiger charge is -1.98. The molecule has 0 aliphatic carbocycles. The highest BCUT2D eigenvalue weighted by Crippen LogP contribution is 2.15. The summed E-state index contributed by atoms with van der Waals surface area (Å²) in [5, 5.41) is 17.5. The number of hydrogen-bond acceptors (Lipinski definition) is 5. The zero-order valence-electron chi connectivity index (χ0n) is 7.27. The third-order valence-electron chi connectivity index (χ3n) is 1.70. The fourth-order valence-electron chi connectivity index (χ4n) is 1.08. The van der Waals surface area contributed by atoms with E-state index in [2.05, 4.69) is 30.9 Å². The van der Waals surface area contributed by atoms with Crippen molar-refractivity contribution < 1.29 is 0 Å². The molecule has 0 fully saturated rings. The van der Waals surface area contributed by atoms with E-state index in [-0.39, 0.29) is 11.4 Å². The van der Waals surface area contributed by atoms with Crippen LogP contribution in [-0.4, -0.2) is 15.0 Å². The minimum Gasteiger partial charge on any atom is -0.234 e. The zero-order valence-corrected chi connectivity index (χ0v) is 8.85. The molecule has 0 unspecified atom stereocenters. The lowest BCUT2D eigenvalue weighted by molar-refractivity contribution is 1.16. The molecule has 0 aromatic carbocycles. The number of rotatable bonds is 0. The molecule has 0 N–H and O–H groups in total. The van der Waals surface area contributed by atoms with Gasteiger partial charge in [-0.3, -0.25) is 0 Å². The summed E-state index contributed by atoms with van der Waals surface area (Å²) in [7, 11) is 0. The van der Waals surface area contributed by atoms with E-state index in [0.717, 1.165) is 4.47 Å². The van der Waals surface area contributed by atoms with E-state index in [0.29, 0.717) is 11.2 Å². The summed E-state index contributed by atoms with van der Waals surface area (Å²) in [5.41, 5.74) is 0.860. The third-order valence-corrected chi connectivity index (χ3v) is 2.13. The second kappa shape index (κ2) is 3.60. The Kier molecular flexibility index (Phi) is 2.28. The summed E-state index contributed by atoms with van der Waals surface area (Å²) < 4.78 is 0.748. The smallest absolute Gasteiger partial charge is 0.179 e. The van der Waals surface area contributed by atoms with E-state index in [9.17, 15) is 0 Å². The topological polar surface area (TPSA) is 86.2 Å². The molecule has 5 nitrogen and oxygen atoms in total. The molecule has 0 aliphatic heterocycles. The van der Waals surface area contributed by atoms with Gasteiger partial charge in [0.1, 0.15) is 17.7 Å². The number of nitrogens with zero attached hydrogens (tertiary/aromatic N) is 5. The Bertz CT molecular complexity index is 623. The van der Waals surface area contributed by atoms with Crippen molar-refractivity contribution in [2.24, 2.45) is 0 Å². The van der Waals surface area contributed by atoms with Crippen LogP contribution in [0.2, 0.25) is 0 Å². The first-order chi connectivity index (χ1) is 7.24. The fraction of sp³-hybridized carbons (Fsp3) is 0. The van der Waals surface area contributed by atoms with Crippen molar-refractivity contribution in [2.75, 3.05) is 0 Å². The Labute approximate surface area is 93.2 Å². The summed E-state index contributed by atoms with van der Waals surface area (Å²) in [6, 6.07) is 5.32. The molecule has 2 heterocycles. The second-order valence-corrected chi connectivity index (χ2v) is 3.56. The van der Waals surface area contributed by atoms with Crippen LogP contribution >= 0.6 is 15.9 Å². The molecule has 0 saturated carbocycles. The van der Waals surface area contributed by atoms with Crippen LogP contribution < -0.4 is 0 Å². The quantitative estimate of drug-likeness (QED) is 0.716. The number of pyridine rings is 1. The molecule has 2 rings (SSSR count). The maximum absolute atomic E-state index is 8.74. The van der Waals surface area contributed by atoms with E-state index in [1.807, 2.05) is 6.07 Å². The van der Waals surface area contributed by atoms with Gasteiger partial charge in [-0.1, -0.05) is 0 Å². The summed E-state index contributed by atoms with van der Waals surface area (Å²) in [6.07, 6.45) is 1.56. The fourth-order valence-corrected chi connectivity index (χ4v) is 1.40. The molecule has 0 amide bonds. The first-order valence-electron chi connectivity index (χ1n) is 3.88. The maximum Gasteiger partial charge on any atom is 0.179 e. The van der Waals surface area contributed by atoms with Crippen molar-refractivity contribution in [3.8, 4) is 12.1 Å². The van der Waals surface area contributed by atoms with Crippen LogP contribution in [0.3, 0.4) is 0 Å². The average molecular weight is 260 g/mol. The van der Waals surface area contributed by atoms with Gasteiger partial charge in [-0.25, -0.2) is 15.0 Å². The minimum absolute atomic E-state index is 0.000164. The first-order valence-corrected chi connectivity index (χ1v) is 4.67. The van der Waals surface area contributed by atoms with Crippen LogP contribution in [-0.2, 0) is 0 Å². The Balaban J connectivity index is 2.84. The van der Waals surface area contributed by atoms with Crippen molar-refractivity contribution in [2.45, 2.75) is 0 Å².